The fourth-order valence-corrected chi connectivity index (χ4v) is 1.42. The molecular formula is C11H22O2. The summed E-state index contributed by atoms with van der Waals surface area (Å²) in [5.41, 5.74) is 0.186. The molecule has 0 saturated heterocycles. The maximum atomic E-state index is 5.39. The molecule has 0 aromatic heterocycles. The van der Waals surface area contributed by atoms with E-state index < -0.39 is 5.79 Å². The first-order valence-electron chi connectivity index (χ1n) is 4.63. The van der Waals surface area contributed by atoms with Crippen LogP contribution in [-0.2, 0) is 9.47 Å². The molecule has 2 heteroatoms. The van der Waals surface area contributed by atoms with Crippen LogP contribution in [0.15, 0.2) is 12.2 Å². The Balaban J connectivity index is 4.58. The Bertz CT molecular complexity index is 161. The average Bonchev–Trinajstić information content (AvgIpc) is 2.01. The Morgan fingerprint density at radius 3 is 1.77 bits per heavy atom. The number of methoxy groups -OCH3 is 2. The van der Waals surface area contributed by atoms with E-state index in [1.54, 1.807) is 14.2 Å². The Morgan fingerprint density at radius 1 is 1.08 bits per heavy atom. The molecule has 0 N–H and O–H groups in total. The Hall–Kier alpha value is -0.340. The molecule has 78 valence electrons. The second-order valence-electron chi connectivity index (χ2n) is 4.46. The number of allylic oxidation sites excluding steroid dienone is 1. The van der Waals surface area contributed by atoms with Crippen LogP contribution in [0.2, 0.25) is 0 Å². The van der Waals surface area contributed by atoms with Gasteiger partial charge in [0.15, 0.2) is 5.79 Å². The van der Waals surface area contributed by atoms with Gasteiger partial charge in [0.05, 0.1) is 0 Å². The second kappa shape index (κ2) is 4.77. The van der Waals surface area contributed by atoms with Gasteiger partial charge in [0.1, 0.15) is 0 Å². The Labute approximate surface area is 81.9 Å². The molecule has 0 fully saturated rings. The summed E-state index contributed by atoms with van der Waals surface area (Å²) in [4.78, 5) is 0. The van der Waals surface area contributed by atoms with Crippen molar-refractivity contribution in [3.8, 4) is 0 Å². The standard InChI is InChI=1S/C11H22O2/c1-7-8-11(12-5,13-6)9-10(2,3)4/h7-8H,9H2,1-6H3. The van der Waals surface area contributed by atoms with E-state index in [1.165, 1.54) is 0 Å². The summed E-state index contributed by atoms with van der Waals surface area (Å²) < 4.78 is 10.8. The Kier molecular flexibility index (Phi) is 4.65. The van der Waals surface area contributed by atoms with Crippen LogP contribution in [0.1, 0.15) is 34.1 Å². The minimum atomic E-state index is -0.562. The van der Waals surface area contributed by atoms with E-state index in [-0.39, 0.29) is 5.41 Å². The lowest BCUT2D eigenvalue weighted by Gasteiger charge is -2.33. The number of hydrogen-bond donors (Lipinski definition) is 0. The highest BCUT2D eigenvalue weighted by atomic mass is 16.7. The molecule has 0 bridgehead atoms. The highest BCUT2D eigenvalue weighted by Crippen LogP contribution is 2.31. The first-order chi connectivity index (χ1) is 5.89. The third-order valence-corrected chi connectivity index (χ3v) is 1.89. The summed E-state index contributed by atoms with van der Waals surface area (Å²) in [6.45, 7) is 8.48. The monoisotopic (exact) mass is 186 g/mol. The third-order valence-electron chi connectivity index (χ3n) is 1.89. The van der Waals surface area contributed by atoms with Gasteiger partial charge >= 0.3 is 0 Å². The normalized spacial score (nSPS) is 14.0. The van der Waals surface area contributed by atoms with Crippen LogP contribution in [0, 0.1) is 5.41 Å². The highest BCUT2D eigenvalue weighted by molar-refractivity contribution is 4.96. The van der Waals surface area contributed by atoms with E-state index in [1.807, 2.05) is 19.1 Å². The van der Waals surface area contributed by atoms with Crippen LogP contribution in [0.5, 0.6) is 0 Å². The Morgan fingerprint density at radius 2 is 1.54 bits per heavy atom. The summed E-state index contributed by atoms with van der Waals surface area (Å²) >= 11 is 0. The van der Waals surface area contributed by atoms with Gasteiger partial charge in [-0.1, -0.05) is 26.8 Å². The van der Waals surface area contributed by atoms with Crippen molar-refractivity contribution in [1.82, 2.24) is 0 Å². The van der Waals surface area contributed by atoms with Gasteiger partial charge in [-0.15, -0.1) is 0 Å². The van der Waals surface area contributed by atoms with Crippen molar-refractivity contribution in [3.63, 3.8) is 0 Å². The molecule has 0 aliphatic rings. The largest absolute Gasteiger partial charge is 0.350 e. The van der Waals surface area contributed by atoms with Crippen molar-refractivity contribution in [2.45, 2.75) is 39.9 Å². The van der Waals surface area contributed by atoms with Crippen LogP contribution in [0.3, 0.4) is 0 Å². The zero-order chi connectivity index (χ0) is 10.5. The first kappa shape index (κ1) is 12.7. The maximum Gasteiger partial charge on any atom is 0.187 e. The fourth-order valence-electron chi connectivity index (χ4n) is 1.42. The van der Waals surface area contributed by atoms with Crippen molar-refractivity contribution in [2.75, 3.05) is 14.2 Å². The van der Waals surface area contributed by atoms with Crippen LogP contribution >= 0.6 is 0 Å². The third kappa shape index (κ3) is 4.44. The van der Waals surface area contributed by atoms with Gasteiger partial charge in [-0.05, 0) is 18.4 Å². The molecule has 0 heterocycles. The van der Waals surface area contributed by atoms with Crippen LogP contribution in [-0.4, -0.2) is 20.0 Å². The van der Waals surface area contributed by atoms with Gasteiger partial charge in [0, 0.05) is 20.6 Å². The number of rotatable bonds is 4. The lowest BCUT2D eigenvalue weighted by Crippen LogP contribution is -2.35. The van der Waals surface area contributed by atoms with Crippen molar-refractivity contribution < 1.29 is 9.47 Å². The zero-order valence-corrected chi connectivity index (χ0v) is 9.68. The van der Waals surface area contributed by atoms with Crippen molar-refractivity contribution in [2.24, 2.45) is 5.41 Å². The molecule has 0 atom stereocenters. The van der Waals surface area contributed by atoms with Crippen molar-refractivity contribution in [1.29, 1.82) is 0 Å². The van der Waals surface area contributed by atoms with Crippen LogP contribution in [0.4, 0.5) is 0 Å². The van der Waals surface area contributed by atoms with Crippen LogP contribution in [0.25, 0.3) is 0 Å². The summed E-state index contributed by atoms with van der Waals surface area (Å²) in [5.74, 6) is -0.562. The molecule has 0 amide bonds. The van der Waals surface area contributed by atoms with E-state index in [2.05, 4.69) is 20.8 Å². The summed E-state index contributed by atoms with van der Waals surface area (Å²) in [5, 5.41) is 0. The highest BCUT2D eigenvalue weighted by Gasteiger charge is 2.31. The molecule has 13 heavy (non-hydrogen) atoms. The SMILES string of the molecule is CC=CC(CC(C)(C)C)(OC)OC. The lowest BCUT2D eigenvalue weighted by molar-refractivity contribution is -0.187. The zero-order valence-electron chi connectivity index (χ0n) is 9.68. The quantitative estimate of drug-likeness (QED) is 0.496. The summed E-state index contributed by atoms with van der Waals surface area (Å²) in [7, 11) is 3.35. The van der Waals surface area contributed by atoms with E-state index in [0.717, 1.165) is 6.42 Å². The van der Waals surface area contributed by atoms with Gasteiger partial charge < -0.3 is 9.47 Å². The molecule has 0 rings (SSSR count). The summed E-state index contributed by atoms with van der Waals surface area (Å²) in [6.07, 6.45) is 4.76. The predicted octanol–water partition coefficient (Wildman–Crippen LogP) is 2.99. The second-order valence-corrected chi connectivity index (χ2v) is 4.46. The molecule has 0 aliphatic carbocycles. The molecule has 0 saturated carbocycles. The van der Waals surface area contributed by atoms with E-state index in [4.69, 9.17) is 9.47 Å². The molecule has 0 radical (unpaired) electrons. The van der Waals surface area contributed by atoms with Gasteiger partial charge in [0.25, 0.3) is 0 Å². The van der Waals surface area contributed by atoms with Gasteiger partial charge in [-0.2, -0.15) is 0 Å². The molecule has 0 unspecified atom stereocenters. The first-order valence-corrected chi connectivity index (χ1v) is 4.63. The fraction of sp³-hybridized carbons (Fsp3) is 0.818. The van der Waals surface area contributed by atoms with Crippen molar-refractivity contribution >= 4 is 0 Å². The minimum Gasteiger partial charge on any atom is -0.350 e. The molecule has 0 aromatic carbocycles. The van der Waals surface area contributed by atoms with Crippen LogP contribution < -0.4 is 0 Å². The molecule has 0 aliphatic heterocycles. The molecule has 0 spiro atoms. The molecular weight excluding hydrogens is 164 g/mol. The van der Waals surface area contributed by atoms with Gasteiger partial charge in [-0.25, -0.2) is 0 Å². The van der Waals surface area contributed by atoms with E-state index in [0.29, 0.717) is 0 Å². The lowest BCUT2D eigenvalue weighted by atomic mass is 9.87. The number of ether oxygens (including phenoxy) is 2. The van der Waals surface area contributed by atoms with E-state index in [9.17, 15) is 0 Å². The topological polar surface area (TPSA) is 18.5 Å². The van der Waals surface area contributed by atoms with E-state index >= 15 is 0 Å². The van der Waals surface area contributed by atoms with Gasteiger partial charge in [0.2, 0.25) is 0 Å². The summed E-state index contributed by atoms with van der Waals surface area (Å²) in [6, 6.07) is 0. The van der Waals surface area contributed by atoms with Crippen molar-refractivity contribution in [3.05, 3.63) is 12.2 Å². The minimum absolute atomic E-state index is 0.186. The predicted molar refractivity (Wildman–Crippen MR) is 55.6 cm³/mol. The smallest absolute Gasteiger partial charge is 0.187 e. The maximum absolute atomic E-state index is 5.39. The molecule has 2 nitrogen and oxygen atoms in total. The molecule has 0 aromatic rings. The number of hydrogen-bond acceptors (Lipinski definition) is 2. The van der Waals surface area contributed by atoms with Gasteiger partial charge in [-0.3, -0.25) is 0 Å². The average molecular weight is 186 g/mol.